The molecule has 0 bridgehead atoms. The van der Waals surface area contributed by atoms with E-state index in [1.165, 1.54) is 14.2 Å². The van der Waals surface area contributed by atoms with Crippen LogP contribution in [0.5, 0.6) is 0 Å². The first-order valence-corrected chi connectivity index (χ1v) is 6.07. The van der Waals surface area contributed by atoms with Crippen molar-refractivity contribution in [3.8, 4) is 0 Å². The Bertz CT molecular complexity index is 747. The Morgan fingerprint density at radius 2 is 1.95 bits per heavy atom. The van der Waals surface area contributed by atoms with Crippen LogP contribution < -0.4 is 11.1 Å². The van der Waals surface area contributed by atoms with E-state index in [-0.39, 0.29) is 30.0 Å². The van der Waals surface area contributed by atoms with Crippen LogP contribution in [0.15, 0.2) is 33.9 Å². The minimum atomic E-state index is -0.354. The Labute approximate surface area is 114 Å². The second-order valence-corrected chi connectivity index (χ2v) is 4.27. The highest BCUT2D eigenvalue weighted by molar-refractivity contribution is 5.80. The van der Waals surface area contributed by atoms with Gasteiger partial charge in [0.25, 0.3) is 11.1 Å². The first-order valence-electron chi connectivity index (χ1n) is 6.07. The first kappa shape index (κ1) is 14.0. The van der Waals surface area contributed by atoms with E-state index < -0.39 is 0 Å². The molecule has 0 fully saturated rings. The van der Waals surface area contributed by atoms with Gasteiger partial charge in [-0.2, -0.15) is 0 Å². The van der Waals surface area contributed by atoms with Crippen molar-refractivity contribution in [1.82, 2.24) is 14.8 Å². The van der Waals surface area contributed by atoms with Crippen molar-refractivity contribution in [2.24, 2.45) is 0 Å². The maximum Gasteiger partial charge on any atom is 0.273 e. The van der Waals surface area contributed by atoms with E-state index in [1.54, 1.807) is 24.3 Å². The van der Waals surface area contributed by atoms with E-state index in [4.69, 9.17) is 4.84 Å². The number of carbonyl (C=O) groups excluding carboxylic acids is 1. The SMILES string of the molecule is CON(C)C(=O)CCn1[nH]c(=O)c2ccccc2c1=O. The molecule has 1 aromatic carbocycles. The van der Waals surface area contributed by atoms with Gasteiger partial charge < -0.3 is 0 Å². The van der Waals surface area contributed by atoms with Crippen molar-refractivity contribution < 1.29 is 9.63 Å². The molecule has 20 heavy (non-hydrogen) atoms. The van der Waals surface area contributed by atoms with Crippen LogP contribution in [0.2, 0.25) is 0 Å². The molecule has 2 rings (SSSR count). The van der Waals surface area contributed by atoms with Crippen molar-refractivity contribution in [2.75, 3.05) is 14.2 Å². The maximum atomic E-state index is 12.2. The van der Waals surface area contributed by atoms with E-state index in [0.717, 1.165) is 9.75 Å². The average molecular weight is 277 g/mol. The van der Waals surface area contributed by atoms with Crippen LogP contribution in [0.25, 0.3) is 10.8 Å². The number of nitrogens with zero attached hydrogens (tertiary/aromatic N) is 2. The average Bonchev–Trinajstić information content (AvgIpc) is 2.48. The van der Waals surface area contributed by atoms with Gasteiger partial charge in [-0.1, -0.05) is 12.1 Å². The third-order valence-electron chi connectivity index (χ3n) is 3.06. The topological polar surface area (TPSA) is 84.4 Å². The van der Waals surface area contributed by atoms with Crippen LogP contribution in [0.1, 0.15) is 6.42 Å². The number of aromatic amines is 1. The van der Waals surface area contributed by atoms with Gasteiger partial charge in [-0.25, -0.2) is 9.75 Å². The summed E-state index contributed by atoms with van der Waals surface area (Å²) in [5.74, 6) is -0.284. The van der Waals surface area contributed by atoms with Crippen molar-refractivity contribution in [3.63, 3.8) is 0 Å². The summed E-state index contributed by atoms with van der Waals surface area (Å²) in [5.41, 5.74) is -0.680. The molecule has 0 saturated heterocycles. The van der Waals surface area contributed by atoms with Crippen LogP contribution in [0, 0.1) is 0 Å². The second kappa shape index (κ2) is 5.70. The highest BCUT2D eigenvalue weighted by Gasteiger charge is 2.11. The van der Waals surface area contributed by atoms with E-state index in [2.05, 4.69) is 5.10 Å². The number of hydroxylamine groups is 2. The largest absolute Gasteiger partial charge is 0.275 e. The number of aromatic nitrogens is 2. The summed E-state index contributed by atoms with van der Waals surface area (Å²) in [6, 6.07) is 6.56. The number of aryl methyl sites for hydroxylation is 1. The molecular weight excluding hydrogens is 262 g/mol. The number of benzene rings is 1. The van der Waals surface area contributed by atoms with Crippen LogP contribution in [-0.2, 0) is 16.2 Å². The summed E-state index contributed by atoms with van der Waals surface area (Å²) < 4.78 is 1.14. The summed E-state index contributed by atoms with van der Waals surface area (Å²) in [4.78, 5) is 40.4. The Morgan fingerprint density at radius 3 is 2.60 bits per heavy atom. The summed E-state index contributed by atoms with van der Waals surface area (Å²) in [6.07, 6.45) is 0.0541. The molecule has 7 nitrogen and oxygen atoms in total. The quantitative estimate of drug-likeness (QED) is 0.803. The number of carbonyl (C=O) groups is 1. The molecular formula is C13H15N3O4. The lowest BCUT2D eigenvalue weighted by Crippen LogP contribution is -2.32. The summed E-state index contributed by atoms with van der Waals surface area (Å²) in [6.45, 7) is 0.0887. The Morgan fingerprint density at radius 1 is 1.30 bits per heavy atom. The lowest BCUT2D eigenvalue weighted by Gasteiger charge is -2.13. The lowest BCUT2D eigenvalue weighted by molar-refractivity contribution is -0.168. The van der Waals surface area contributed by atoms with Crippen molar-refractivity contribution in [3.05, 3.63) is 45.0 Å². The fourth-order valence-corrected chi connectivity index (χ4v) is 1.87. The lowest BCUT2D eigenvalue weighted by atomic mass is 10.2. The zero-order valence-electron chi connectivity index (χ0n) is 11.3. The monoisotopic (exact) mass is 277 g/mol. The minimum Gasteiger partial charge on any atom is -0.275 e. The van der Waals surface area contributed by atoms with Gasteiger partial charge in [0.15, 0.2) is 0 Å². The highest BCUT2D eigenvalue weighted by atomic mass is 16.7. The van der Waals surface area contributed by atoms with Crippen LogP contribution in [0.4, 0.5) is 0 Å². The Hall–Kier alpha value is -2.41. The molecule has 1 amide bonds. The smallest absolute Gasteiger partial charge is 0.273 e. The molecule has 0 spiro atoms. The minimum absolute atomic E-state index is 0.0541. The van der Waals surface area contributed by atoms with E-state index in [9.17, 15) is 14.4 Å². The molecule has 1 heterocycles. The normalized spacial score (nSPS) is 10.7. The summed E-state index contributed by atoms with van der Waals surface area (Å²) >= 11 is 0. The predicted octanol–water partition coefficient (Wildman–Crippen LogP) is 0.0997. The molecule has 0 atom stereocenters. The van der Waals surface area contributed by atoms with Gasteiger partial charge in [0.2, 0.25) is 5.91 Å². The van der Waals surface area contributed by atoms with Crippen LogP contribution >= 0.6 is 0 Å². The van der Waals surface area contributed by atoms with Gasteiger partial charge in [-0.15, -0.1) is 0 Å². The third kappa shape index (κ3) is 2.62. The molecule has 1 aromatic heterocycles. The van der Waals surface area contributed by atoms with Crippen LogP contribution in [0.3, 0.4) is 0 Å². The van der Waals surface area contributed by atoms with Gasteiger partial charge in [0, 0.05) is 13.5 Å². The number of nitrogens with one attached hydrogen (secondary N) is 1. The first-order chi connectivity index (χ1) is 9.54. The molecule has 0 unspecified atom stereocenters. The van der Waals surface area contributed by atoms with Gasteiger partial charge in [0.1, 0.15) is 0 Å². The van der Waals surface area contributed by atoms with Crippen LogP contribution in [-0.4, -0.2) is 34.9 Å². The van der Waals surface area contributed by atoms with E-state index in [0.29, 0.717) is 10.8 Å². The van der Waals surface area contributed by atoms with Gasteiger partial charge in [-0.05, 0) is 12.1 Å². The van der Waals surface area contributed by atoms with E-state index in [1.807, 2.05) is 0 Å². The fraction of sp³-hybridized carbons (Fsp3) is 0.308. The molecule has 0 aliphatic heterocycles. The van der Waals surface area contributed by atoms with Crippen molar-refractivity contribution in [2.45, 2.75) is 13.0 Å². The van der Waals surface area contributed by atoms with Gasteiger partial charge in [0.05, 0.1) is 24.4 Å². The van der Waals surface area contributed by atoms with Gasteiger partial charge in [-0.3, -0.25) is 24.3 Å². The maximum absolute atomic E-state index is 12.2. The highest BCUT2D eigenvalue weighted by Crippen LogP contribution is 2.02. The van der Waals surface area contributed by atoms with Crippen molar-refractivity contribution >= 4 is 16.7 Å². The van der Waals surface area contributed by atoms with Crippen molar-refractivity contribution in [1.29, 1.82) is 0 Å². The number of rotatable bonds is 4. The zero-order valence-corrected chi connectivity index (χ0v) is 11.3. The number of amides is 1. The molecule has 0 aliphatic carbocycles. The standard InChI is InChI=1S/C13H15N3O4/c1-15(20-2)11(17)7-8-16-13(19)10-6-4-3-5-9(10)12(18)14-16/h3-6H,7-8H2,1-2H3,(H,14,18). The molecule has 0 saturated carbocycles. The van der Waals surface area contributed by atoms with E-state index >= 15 is 0 Å². The summed E-state index contributed by atoms with van der Waals surface area (Å²) in [7, 11) is 2.86. The Kier molecular flexibility index (Phi) is 3.99. The Balaban J connectivity index is 2.32. The predicted molar refractivity (Wildman–Crippen MR) is 73.2 cm³/mol. The molecule has 1 N–H and O–H groups in total. The third-order valence-corrected chi connectivity index (χ3v) is 3.06. The zero-order chi connectivity index (χ0) is 14.7. The summed E-state index contributed by atoms with van der Waals surface area (Å²) in [5, 5.41) is 4.22. The molecule has 0 radical (unpaired) electrons. The van der Waals surface area contributed by atoms with Gasteiger partial charge >= 0.3 is 0 Å². The number of hydrogen-bond acceptors (Lipinski definition) is 4. The number of fused-ring (bicyclic) bond motifs is 1. The second-order valence-electron chi connectivity index (χ2n) is 4.27. The molecule has 7 heteroatoms. The molecule has 106 valence electrons. The fourth-order valence-electron chi connectivity index (χ4n) is 1.87. The number of H-pyrrole nitrogens is 1. The molecule has 0 aliphatic rings. The number of hydrogen-bond donors (Lipinski definition) is 1. The molecule has 2 aromatic rings.